The lowest BCUT2D eigenvalue weighted by Crippen LogP contribution is -2.11. The fraction of sp³-hybridized carbons (Fsp3) is 0.467. The molecule has 0 saturated carbocycles. The Morgan fingerprint density at radius 2 is 1.93 bits per heavy atom. The molecule has 0 radical (unpaired) electrons. The number of rotatable bonds is 1. The van der Waals surface area contributed by atoms with Crippen LogP contribution in [0.2, 0.25) is 0 Å². The lowest BCUT2D eigenvalue weighted by molar-refractivity contribution is 0.589. The van der Waals surface area contributed by atoms with Crippen LogP contribution in [0.15, 0.2) is 23.8 Å². The van der Waals surface area contributed by atoms with E-state index in [4.69, 9.17) is 0 Å². The number of hydrogen-bond donors (Lipinski definition) is 0. The number of fused-ring (bicyclic) bond motifs is 1. The molecule has 0 N–H and O–H groups in total. The molecule has 15 heavy (non-hydrogen) atoms. The summed E-state index contributed by atoms with van der Waals surface area (Å²) in [5.41, 5.74) is 6.23. The molecule has 1 aromatic rings. The molecule has 0 saturated heterocycles. The molecule has 0 amide bonds. The van der Waals surface area contributed by atoms with Gasteiger partial charge in [0, 0.05) is 0 Å². The van der Waals surface area contributed by atoms with E-state index in [0.717, 1.165) is 6.42 Å². The summed E-state index contributed by atoms with van der Waals surface area (Å²) in [5, 5.41) is 0. The summed E-state index contributed by atoms with van der Waals surface area (Å²) in [6, 6.07) is 6.93. The Hall–Kier alpha value is -1.04. The number of hydrogen-bond acceptors (Lipinski definition) is 0. The highest BCUT2D eigenvalue weighted by Crippen LogP contribution is 2.31. The van der Waals surface area contributed by atoms with Gasteiger partial charge in [-0.25, -0.2) is 0 Å². The molecule has 0 nitrogen and oxygen atoms in total. The van der Waals surface area contributed by atoms with E-state index < -0.39 is 0 Å². The Kier molecular flexibility index (Phi) is 2.46. The highest BCUT2D eigenvalue weighted by molar-refractivity contribution is 5.64. The minimum Gasteiger partial charge on any atom is -0.0655 e. The Morgan fingerprint density at radius 3 is 2.53 bits per heavy atom. The third-order valence-electron chi connectivity index (χ3n) is 3.24. The molecular weight excluding hydrogens is 180 g/mol. The van der Waals surface area contributed by atoms with Crippen molar-refractivity contribution in [3.8, 4) is 0 Å². The first kappa shape index (κ1) is 10.5. The Bertz CT molecular complexity index is 403. The van der Waals surface area contributed by atoms with Crippen molar-refractivity contribution < 1.29 is 0 Å². The van der Waals surface area contributed by atoms with Crippen LogP contribution in [0.1, 0.15) is 50.8 Å². The van der Waals surface area contributed by atoms with E-state index in [1.165, 1.54) is 23.1 Å². The van der Waals surface area contributed by atoms with Crippen molar-refractivity contribution in [3.05, 3.63) is 40.5 Å². The molecule has 0 fully saturated rings. The second-order valence-electron chi connectivity index (χ2n) is 5.50. The van der Waals surface area contributed by atoms with Gasteiger partial charge in [0.25, 0.3) is 0 Å². The van der Waals surface area contributed by atoms with Crippen molar-refractivity contribution in [2.24, 2.45) is 0 Å². The number of allylic oxidation sites excluding steroid dienone is 1. The van der Waals surface area contributed by atoms with Gasteiger partial charge in [-0.05, 0) is 34.9 Å². The maximum absolute atomic E-state index is 2.38. The van der Waals surface area contributed by atoms with Crippen molar-refractivity contribution in [2.45, 2.75) is 46.0 Å². The maximum Gasteiger partial charge on any atom is -0.00578 e. The van der Waals surface area contributed by atoms with E-state index in [2.05, 4.69) is 52.0 Å². The van der Waals surface area contributed by atoms with Crippen molar-refractivity contribution in [1.82, 2.24) is 0 Å². The lowest BCUT2D eigenvalue weighted by Gasteiger charge is -2.19. The summed E-state index contributed by atoms with van der Waals surface area (Å²) in [6.45, 7) is 9.07. The smallest absolute Gasteiger partial charge is 0.00578 e. The average molecular weight is 200 g/mol. The molecule has 0 heterocycles. The van der Waals surface area contributed by atoms with Gasteiger partial charge in [-0.1, -0.05) is 57.5 Å². The molecule has 0 aliphatic heterocycles. The fourth-order valence-corrected chi connectivity index (χ4v) is 2.11. The largest absolute Gasteiger partial charge is 0.0655 e. The van der Waals surface area contributed by atoms with E-state index in [1.54, 1.807) is 5.57 Å². The first-order valence-electron chi connectivity index (χ1n) is 5.83. The summed E-state index contributed by atoms with van der Waals surface area (Å²) >= 11 is 0. The molecule has 0 aromatic heterocycles. The van der Waals surface area contributed by atoms with Crippen LogP contribution in [0.25, 0.3) is 6.08 Å². The Labute approximate surface area is 93.0 Å². The minimum absolute atomic E-state index is 0.268. The van der Waals surface area contributed by atoms with Crippen LogP contribution in [-0.4, -0.2) is 0 Å². The standard InChI is InChI=1S/C15H20/c1-5-11-8-12-6-7-14(15(2,3)4)10-13(12)9-11/h6-8,10H,5,9H2,1-4H3. The van der Waals surface area contributed by atoms with Gasteiger partial charge in [0.1, 0.15) is 0 Å². The monoisotopic (exact) mass is 200 g/mol. The van der Waals surface area contributed by atoms with Crippen LogP contribution >= 0.6 is 0 Å². The van der Waals surface area contributed by atoms with Crippen LogP contribution < -0.4 is 0 Å². The van der Waals surface area contributed by atoms with Gasteiger partial charge in [-0.3, -0.25) is 0 Å². The van der Waals surface area contributed by atoms with E-state index >= 15 is 0 Å². The highest BCUT2D eigenvalue weighted by atomic mass is 14.2. The molecule has 1 aliphatic carbocycles. The van der Waals surface area contributed by atoms with Crippen molar-refractivity contribution in [1.29, 1.82) is 0 Å². The summed E-state index contributed by atoms with van der Waals surface area (Å²) in [7, 11) is 0. The minimum atomic E-state index is 0.268. The molecule has 0 atom stereocenters. The highest BCUT2D eigenvalue weighted by Gasteiger charge is 2.17. The summed E-state index contributed by atoms with van der Waals surface area (Å²) < 4.78 is 0. The van der Waals surface area contributed by atoms with E-state index in [1.807, 2.05) is 0 Å². The SMILES string of the molecule is CCC1=Cc2ccc(C(C)(C)C)cc2C1. The molecule has 0 bridgehead atoms. The van der Waals surface area contributed by atoms with Crippen LogP contribution in [0.5, 0.6) is 0 Å². The molecule has 0 heteroatoms. The van der Waals surface area contributed by atoms with Gasteiger partial charge in [-0.15, -0.1) is 0 Å². The second-order valence-corrected chi connectivity index (χ2v) is 5.50. The van der Waals surface area contributed by atoms with Gasteiger partial charge >= 0.3 is 0 Å². The zero-order chi connectivity index (χ0) is 11.1. The molecule has 0 spiro atoms. The average Bonchev–Trinajstić information content (AvgIpc) is 2.57. The van der Waals surface area contributed by atoms with E-state index in [9.17, 15) is 0 Å². The normalized spacial score (nSPS) is 15.1. The van der Waals surface area contributed by atoms with Gasteiger partial charge < -0.3 is 0 Å². The fourth-order valence-electron chi connectivity index (χ4n) is 2.11. The lowest BCUT2D eigenvalue weighted by atomic mass is 9.85. The maximum atomic E-state index is 2.38. The summed E-state index contributed by atoms with van der Waals surface area (Å²) in [6.07, 6.45) is 4.69. The number of benzene rings is 1. The zero-order valence-corrected chi connectivity index (χ0v) is 10.2. The molecule has 1 aliphatic rings. The first-order valence-corrected chi connectivity index (χ1v) is 5.83. The van der Waals surface area contributed by atoms with Crippen LogP contribution in [0.3, 0.4) is 0 Å². The molecule has 0 unspecified atom stereocenters. The van der Waals surface area contributed by atoms with Crippen molar-refractivity contribution >= 4 is 6.08 Å². The van der Waals surface area contributed by atoms with Gasteiger partial charge in [-0.2, -0.15) is 0 Å². The predicted molar refractivity (Wildman–Crippen MR) is 67.1 cm³/mol. The van der Waals surface area contributed by atoms with Crippen molar-refractivity contribution in [2.75, 3.05) is 0 Å². The van der Waals surface area contributed by atoms with E-state index in [0.29, 0.717) is 0 Å². The van der Waals surface area contributed by atoms with Crippen molar-refractivity contribution in [3.63, 3.8) is 0 Å². The predicted octanol–water partition coefficient (Wildman–Crippen LogP) is 4.33. The van der Waals surface area contributed by atoms with Crippen LogP contribution in [0, 0.1) is 0 Å². The third kappa shape index (κ3) is 1.99. The summed E-state index contributed by atoms with van der Waals surface area (Å²) in [5.74, 6) is 0. The van der Waals surface area contributed by atoms with Gasteiger partial charge in [0.05, 0.1) is 0 Å². The van der Waals surface area contributed by atoms with E-state index in [-0.39, 0.29) is 5.41 Å². The molecular formula is C15H20. The molecule has 2 rings (SSSR count). The third-order valence-corrected chi connectivity index (χ3v) is 3.24. The van der Waals surface area contributed by atoms with Crippen LogP contribution in [-0.2, 0) is 11.8 Å². The molecule has 1 aromatic carbocycles. The van der Waals surface area contributed by atoms with Gasteiger partial charge in [0.15, 0.2) is 0 Å². The quantitative estimate of drug-likeness (QED) is 0.633. The Balaban J connectivity index is 2.36. The molecule has 80 valence electrons. The zero-order valence-electron chi connectivity index (χ0n) is 10.2. The summed E-state index contributed by atoms with van der Waals surface area (Å²) in [4.78, 5) is 0. The topological polar surface area (TPSA) is 0 Å². The van der Waals surface area contributed by atoms with Crippen LogP contribution in [0.4, 0.5) is 0 Å². The second kappa shape index (κ2) is 3.52. The Morgan fingerprint density at radius 1 is 1.20 bits per heavy atom. The van der Waals surface area contributed by atoms with Gasteiger partial charge in [0.2, 0.25) is 0 Å². The first-order chi connectivity index (χ1) is 7.00.